The molecule has 140 valence electrons. The Labute approximate surface area is 157 Å². The molecule has 1 aromatic carbocycles. The summed E-state index contributed by atoms with van der Waals surface area (Å²) in [6.45, 7) is -0.00957. The molecule has 28 heavy (non-hydrogen) atoms. The van der Waals surface area contributed by atoms with Gasteiger partial charge in [-0.05, 0) is 35.9 Å². The lowest BCUT2D eigenvalue weighted by molar-refractivity contribution is 0.0969. The second-order valence-electron chi connectivity index (χ2n) is 6.13. The first-order valence-electron chi connectivity index (χ1n) is 8.35. The van der Waals surface area contributed by atoms with Gasteiger partial charge in [0.25, 0.3) is 6.43 Å². The fourth-order valence-electron chi connectivity index (χ4n) is 2.90. The molecule has 5 nitrogen and oxygen atoms in total. The highest BCUT2D eigenvalue weighted by molar-refractivity contribution is 5.96. The monoisotopic (exact) mass is 382 g/mol. The maximum Gasteiger partial charge on any atom is 0.266 e. The number of rotatable bonds is 5. The number of hydrogen-bond donors (Lipinski definition) is 0. The van der Waals surface area contributed by atoms with Crippen LogP contribution in [0.15, 0.2) is 61.2 Å². The summed E-state index contributed by atoms with van der Waals surface area (Å²) in [6, 6.07) is 8.44. The normalized spacial score (nSPS) is 11.3. The van der Waals surface area contributed by atoms with E-state index >= 15 is 0 Å². The highest BCUT2D eigenvalue weighted by Gasteiger charge is 2.16. The van der Waals surface area contributed by atoms with Crippen molar-refractivity contribution in [2.75, 3.05) is 0 Å². The van der Waals surface area contributed by atoms with Gasteiger partial charge in [0.05, 0.1) is 17.3 Å². The lowest BCUT2D eigenvalue weighted by atomic mass is 10.0. The number of carbonyl (C=O) groups excluding carboxylic acids is 1. The number of halogens is 3. The van der Waals surface area contributed by atoms with E-state index in [1.807, 2.05) is 0 Å². The third-order valence-corrected chi connectivity index (χ3v) is 4.35. The van der Waals surface area contributed by atoms with Gasteiger partial charge in [-0.2, -0.15) is 5.10 Å². The van der Waals surface area contributed by atoms with E-state index in [1.54, 1.807) is 18.2 Å². The van der Waals surface area contributed by atoms with Crippen molar-refractivity contribution in [2.24, 2.45) is 0 Å². The van der Waals surface area contributed by atoms with Crippen LogP contribution in [-0.4, -0.2) is 25.5 Å². The molecule has 0 spiro atoms. The maximum absolute atomic E-state index is 13.6. The molecule has 0 saturated heterocycles. The average molecular weight is 382 g/mol. The van der Waals surface area contributed by atoms with Crippen molar-refractivity contribution in [1.29, 1.82) is 0 Å². The van der Waals surface area contributed by atoms with Crippen LogP contribution in [0.2, 0.25) is 0 Å². The van der Waals surface area contributed by atoms with Gasteiger partial charge in [0, 0.05) is 29.7 Å². The third kappa shape index (κ3) is 3.36. The van der Waals surface area contributed by atoms with Crippen molar-refractivity contribution >= 4 is 16.8 Å². The van der Waals surface area contributed by atoms with Crippen molar-refractivity contribution in [2.45, 2.75) is 13.0 Å². The minimum Gasteiger partial charge on any atom is -0.292 e. The molecular weight excluding hydrogens is 369 g/mol. The van der Waals surface area contributed by atoms with E-state index in [9.17, 15) is 18.0 Å². The SMILES string of the molecule is O=C(Cn1ncc2ncc(-c3ccc(F)c(C(F)F)c3)cc21)c1ccncc1. The summed E-state index contributed by atoms with van der Waals surface area (Å²) in [4.78, 5) is 20.6. The molecule has 0 fully saturated rings. The van der Waals surface area contributed by atoms with Crippen molar-refractivity contribution < 1.29 is 18.0 Å². The number of hydrogen-bond acceptors (Lipinski definition) is 4. The number of aromatic nitrogens is 4. The molecule has 4 aromatic rings. The van der Waals surface area contributed by atoms with Gasteiger partial charge in [-0.1, -0.05) is 6.07 Å². The van der Waals surface area contributed by atoms with Crippen LogP contribution < -0.4 is 0 Å². The predicted molar refractivity (Wildman–Crippen MR) is 96.4 cm³/mol. The molecule has 0 N–H and O–H groups in total. The zero-order valence-electron chi connectivity index (χ0n) is 14.4. The topological polar surface area (TPSA) is 60.7 Å². The maximum atomic E-state index is 13.6. The molecule has 0 aliphatic carbocycles. The largest absolute Gasteiger partial charge is 0.292 e. The number of carbonyl (C=O) groups is 1. The standard InChI is InChI=1S/C20H13F3N4O/c21-16-2-1-13(7-15(16)20(22)23)14-8-18-17(25-9-14)10-26-27(18)11-19(28)12-3-5-24-6-4-12/h1-10,20H,11H2. The number of benzene rings is 1. The first-order valence-corrected chi connectivity index (χ1v) is 8.35. The number of ketones is 1. The highest BCUT2D eigenvalue weighted by atomic mass is 19.3. The number of alkyl halides is 2. The van der Waals surface area contributed by atoms with Crippen LogP contribution in [0.1, 0.15) is 22.3 Å². The second kappa shape index (κ2) is 7.22. The minimum absolute atomic E-state index is 0.00957. The van der Waals surface area contributed by atoms with E-state index in [-0.39, 0.29) is 12.3 Å². The summed E-state index contributed by atoms with van der Waals surface area (Å²) < 4.78 is 41.0. The van der Waals surface area contributed by atoms with Crippen molar-refractivity contribution in [3.63, 3.8) is 0 Å². The minimum atomic E-state index is -2.92. The Morgan fingerprint density at radius 1 is 1.04 bits per heavy atom. The molecule has 4 rings (SSSR count). The van der Waals surface area contributed by atoms with Gasteiger partial charge < -0.3 is 0 Å². The fourth-order valence-corrected chi connectivity index (χ4v) is 2.90. The Morgan fingerprint density at radius 2 is 1.82 bits per heavy atom. The van der Waals surface area contributed by atoms with Crippen LogP contribution in [-0.2, 0) is 6.54 Å². The van der Waals surface area contributed by atoms with Gasteiger partial charge in [-0.15, -0.1) is 0 Å². The quantitative estimate of drug-likeness (QED) is 0.479. The Kier molecular flexibility index (Phi) is 4.60. The van der Waals surface area contributed by atoms with Crippen LogP contribution in [0, 0.1) is 5.82 Å². The zero-order chi connectivity index (χ0) is 19.7. The van der Waals surface area contributed by atoms with Crippen molar-refractivity contribution in [1.82, 2.24) is 19.7 Å². The lowest BCUT2D eigenvalue weighted by Crippen LogP contribution is -2.11. The Morgan fingerprint density at radius 3 is 2.57 bits per heavy atom. The molecule has 0 unspecified atom stereocenters. The smallest absolute Gasteiger partial charge is 0.266 e. The van der Waals surface area contributed by atoms with E-state index in [0.717, 1.165) is 12.1 Å². The van der Waals surface area contributed by atoms with Crippen LogP contribution in [0.4, 0.5) is 13.2 Å². The van der Waals surface area contributed by atoms with Gasteiger partial charge in [0.2, 0.25) is 0 Å². The summed E-state index contributed by atoms with van der Waals surface area (Å²) in [7, 11) is 0. The van der Waals surface area contributed by atoms with Crippen molar-refractivity contribution in [3.8, 4) is 11.1 Å². The molecule has 3 aromatic heterocycles. The van der Waals surface area contributed by atoms with E-state index in [0.29, 0.717) is 27.7 Å². The van der Waals surface area contributed by atoms with Crippen LogP contribution in [0.3, 0.4) is 0 Å². The van der Waals surface area contributed by atoms with Crippen LogP contribution in [0.5, 0.6) is 0 Å². The Bertz CT molecular complexity index is 1160. The third-order valence-electron chi connectivity index (χ3n) is 4.35. The predicted octanol–water partition coefficient (Wildman–Crippen LogP) is 4.45. The summed E-state index contributed by atoms with van der Waals surface area (Å²) in [6.07, 6.45) is 3.17. The van der Waals surface area contributed by atoms with Gasteiger partial charge in [-0.3, -0.25) is 19.4 Å². The lowest BCUT2D eigenvalue weighted by Gasteiger charge is -2.08. The molecule has 0 aliphatic rings. The second-order valence-corrected chi connectivity index (χ2v) is 6.13. The highest BCUT2D eigenvalue weighted by Crippen LogP contribution is 2.29. The van der Waals surface area contributed by atoms with E-state index < -0.39 is 17.8 Å². The average Bonchev–Trinajstić information content (AvgIpc) is 3.11. The number of nitrogens with zero attached hydrogens (tertiary/aromatic N) is 4. The van der Waals surface area contributed by atoms with E-state index in [2.05, 4.69) is 15.1 Å². The van der Waals surface area contributed by atoms with Gasteiger partial charge in [0.15, 0.2) is 5.78 Å². The molecule has 3 heterocycles. The van der Waals surface area contributed by atoms with Gasteiger partial charge in [0.1, 0.15) is 17.9 Å². The fraction of sp³-hybridized carbons (Fsp3) is 0.100. The number of fused-ring (bicyclic) bond motifs is 1. The van der Waals surface area contributed by atoms with Crippen LogP contribution >= 0.6 is 0 Å². The first-order chi connectivity index (χ1) is 13.5. The number of Topliss-reactive ketones (excluding diaryl/α,β-unsaturated/α-hetero) is 1. The zero-order valence-corrected chi connectivity index (χ0v) is 14.4. The first kappa shape index (κ1) is 17.8. The molecule has 0 amide bonds. The van der Waals surface area contributed by atoms with Gasteiger partial charge in [-0.25, -0.2) is 13.2 Å². The molecule has 0 atom stereocenters. The molecule has 8 heteroatoms. The van der Waals surface area contributed by atoms with E-state index in [1.165, 1.54) is 35.5 Å². The molecule has 0 radical (unpaired) electrons. The number of pyridine rings is 2. The molecular formula is C20H13F3N4O. The Hall–Kier alpha value is -3.55. The Balaban J connectivity index is 1.71. The molecule has 0 bridgehead atoms. The summed E-state index contributed by atoms with van der Waals surface area (Å²) in [5.41, 5.74) is 1.89. The van der Waals surface area contributed by atoms with Crippen molar-refractivity contribution in [3.05, 3.63) is 78.1 Å². The molecule has 0 saturated carbocycles. The van der Waals surface area contributed by atoms with Crippen LogP contribution in [0.25, 0.3) is 22.2 Å². The van der Waals surface area contributed by atoms with E-state index in [4.69, 9.17) is 0 Å². The molecule has 0 aliphatic heterocycles. The summed E-state index contributed by atoms with van der Waals surface area (Å²) in [5, 5.41) is 4.19. The summed E-state index contributed by atoms with van der Waals surface area (Å²) >= 11 is 0. The summed E-state index contributed by atoms with van der Waals surface area (Å²) in [5.74, 6) is -1.11. The van der Waals surface area contributed by atoms with Gasteiger partial charge >= 0.3 is 0 Å².